The quantitative estimate of drug-likeness (QED) is 0.248. The van der Waals surface area contributed by atoms with E-state index in [-0.39, 0.29) is 17.9 Å². The van der Waals surface area contributed by atoms with Gasteiger partial charge in [-0.3, -0.25) is 14.5 Å². The highest BCUT2D eigenvalue weighted by atomic mass is 16.6. The van der Waals surface area contributed by atoms with Gasteiger partial charge in [-0.05, 0) is 36.8 Å². The van der Waals surface area contributed by atoms with Gasteiger partial charge in [0, 0.05) is 29.5 Å². The molecular weight excluding hydrogens is 484 g/mol. The molecule has 0 unspecified atom stereocenters. The van der Waals surface area contributed by atoms with E-state index in [1.165, 1.54) is 17.0 Å². The Kier molecular flexibility index (Phi) is 7.76. The number of aliphatic hydroxyl groups excluding tert-OH is 5. The van der Waals surface area contributed by atoms with Gasteiger partial charge in [0.2, 0.25) is 0 Å². The second-order valence-electron chi connectivity index (χ2n) is 9.11. The van der Waals surface area contributed by atoms with Crippen LogP contribution in [0.25, 0.3) is 0 Å². The van der Waals surface area contributed by atoms with Gasteiger partial charge in [-0.25, -0.2) is 0 Å². The monoisotopic (exact) mass is 514 g/mol. The third-order valence-electron chi connectivity index (χ3n) is 6.69. The number of hydrogen-bond acceptors (Lipinski definition) is 9. The van der Waals surface area contributed by atoms with Crippen molar-refractivity contribution in [2.24, 2.45) is 5.92 Å². The summed E-state index contributed by atoms with van der Waals surface area (Å²) in [4.78, 5) is 27.9. The van der Waals surface area contributed by atoms with Crippen LogP contribution in [-0.4, -0.2) is 79.8 Å². The summed E-state index contributed by atoms with van der Waals surface area (Å²) in [5.74, 6) is -2.22. The van der Waals surface area contributed by atoms with Gasteiger partial charge < -0.3 is 40.7 Å². The first kappa shape index (κ1) is 26.9. The molecule has 0 bridgehead atoms. The molecule has 2 aromatic carbocycles. The number of aliphatic hydroxyl groups is 6. The van der Waals surface area contributed by atoms with E-state index >= 15 is 0 Å². The van der Waals surface area contributed by atoms with E-state index in [1.807, 2.05) is 0 Å². The SMILES string of the molecule is C[C@H](/C=C/CCO)[C@@]1(O)C(=O)N(c2ccccc2)c2ccc(NC(=O)[C@H]3O[C@@H](O)[C@H](O)[C@@H](O)[C@@H]3O)cc21. The van der Waals surface area contributed by atoms with E-state index in [9.17, 15) is 35.1 Å². The maximum atomic E-state index is 13.7. The summed E-state index contributed by atoms with van der Waals surface area (Å²) in [6.45, 7) is 1.57. The molecule has 1 saturated heterocycles. The molecule has 0 aliphatic carbocycles. The fourth-order valence-electron chi connectivity index (χ4n) is 4.59. The Morgan fingerprint density at radius 2 is 1.81 bits per heavy atom. The Bertz CT molecular complexity index is 1170. The standard InChI is InChI=1S/C26H30N2O9/c1-14(7-5-6-12-29)26(36)17-13-15(27-23(33)22-20(31)19(30)21(32)24(34)37-22)10-11-18(17)28(25(26)35)16-8-3-2-4-9-16/h2-5,7-11,13-14,19-22,24,29-32,34,36H,6,12H2,1H3,(H,27,33)/b7-5+/t14-,19+,20+,21-,22+,24-,26+/m1/s1. The highest BCUT2D eigenvalue weighted by Gasteiger charge is 2.53. The minimum Gasteiger partial charge on any atom is -0.396 e. The Morgan fingerprint density at radius 3 is 2.49 bits per heavy atom. The summed E-state index contributed by atoms with van der Waals surface area (Å²) in [6, 6.07) is 13.2. The molecule has 0 aromatic heterocycles. The van der Waals surface area contributed by atoms with E-state index in [1.54, 1.807) is 55.5 Å². The predicted octanol–water partition coefficient (Wildman–Crippen LogP) is -0.134. The van der Waals surface area contributed by atoms with E-state index in [0.29, 0.717) is 17.8 Å². The molecule has 2 aliphatic rings. The zero-order chi connectivity index (χ0) is 26.9. The molecule has 0 saturated carbocycles. The minimum absolute atomic E-state index is 0.0893. The van der Waals surface area contributed by atoms with Crippen molar-refractivity contribution in [3.8, 4) is 0 Å². The number of carbonyl (C=O) groups excluding carboxylic acids is 2. The molecule has 0 spiro atoms. The lowest BCUT2D eigenvalue weighted by molar-refractivity contribution is -0.274. The first-order chi connectivity index (χ1) is 17.6. The Balaban J connectivity index is 1.69. The van der Waals surface area contributed by atoms with Crippen LogP contribution in [0.15, 0.2) is 60.7 Å². The summed E-state index contributed by atoms with van der Waals surface area (Å²) >= 11 is 0. The van der Waals surface area contributed by atoms with Crippen molar-refractivity contribution in [3.05, 3.63) is 66.2 Å². The number of nitrogens with one attached hydrogen (secondary N) is 1. The van der Waals surface area contributed by atoms with Crippen LogP contribution in [0, 0.1) is 5.92 Å². The van der Waals surface area contributed by atoms with E-state index in [0.717, 1.165) is 0 Å². The van der Waals surface area contributed by atoms with Crippen molar-refractivity contribution < 1.29 is 45.0 Å². The number of ether oxygens (including phenoxy) is 1. The lowest BCUT2D eigenvalue weighted by Gasteiger charge is -2.37. The van der Waals surface area contributed by atoms with Gasteiger partial charge in [0.1, 0.15) is 18.3 Å². The third-order valence-corrected chi connectivity index (χ3v) is 6.69. The van der Waals surface area contributed by atoms with Gasteiger partial charge >= 0.3 is 0 Å². The Morgan fingerprint density at radius 1 is 1.11 bits per heavy atom. The average Bonchev–Trinajstić information content (AvgIpc) is 3.12. The number of para-hydroxylation sites is 1. The molecule has 7 N–H and O–H groups in total. The van der Waals surface area contributed by atoms with Crippen LogP contribution in [0.5, 0.6) is 0 Å². The van der Waals surface area contributed by atoms with Crippen LogP contribution in [0.4, 0.5) is 17.1 Å². The van der Waals surface area contributed by atoms with Gasteiger partial charge in [-0.2, -0.15) is 0 Å². The van der Waals surface area contributed by atoms with Crippen LogP contribution in [0.2, 0.25) is 0 Å². The highest BCUT2D eigenvalue weighted by molar-refractivity contribution is 6.12. The number of carbonyl (C=O) groups is 2. The topological polar surface area (TPSA) is 180 Å². The predicted molar refractivity (Wildman–Crippen MR) is 131 cm³/mol. The zero-order valence-corrected chi connectivity index (χ0v) is 20.0. The second kappa shape index (κ2) is 10.7. The first-order valence-electron chi connectivity index (χ1n) is 11.8. The number of anilines is 3. The van der Waals surface area contributed by atoms with E-state index in [4.69, 9.17) is 9.84 Å². The van der Waals surface area contributed by atoms with E-state index in [2.05, 4.69) is 5.32 Å². The maximum Gasteiger partial charge on any atom is 0.268 e. The van der Waals surface area contributed by atoms with Crippen LogP contribution in [0.1, 0.15) is 18.9 Å². The Labute approximate surface area is 212 Å². The van der Waals surface area contributed by atoms with Crippen molar-refractivity contribution in [1.82, 2.24) is 0 Å². The van der Waals surface area contributed by atoms with Gasteiger partial charge in [-0.15, -0.1) is 0 Å². The molecule has 11 nitrogen and oxygen atoms in total. The molecule has 11 heteroatoms. The van der Waals surface area contributed by atoms with Crippen LogP contribution in [0.3, 0.4) is 0 Å². The zero-order valence-electron chi connectivity index (χ0n) is 20.0. The summed E-state index contributed by atoms with van der Waals surface area (Å²) in [5, 5.41) is 62.8. The summed E-state index contributed by atoms with van der Waals surface area (Å²) < 4.78 is 4.98. The highest BCUT2D eigenvalue weighted by Crippen LogP contribution is 2.49. The largest absolute Gasteiger partial charge is 0.396 e. The number of rotatable bonds is 7. The van der Waals surface area contributed by atoms with Crippen LogP contribution in [-0.2, 0) is 19.9 Å². The molecule has 2 heterocycles. The molecule has 2 amide bonds. The van der Waals surface area contributed by atoms with E-state index < -0.39 is 54.0 Å². The molecule has 0 radical (unpaired) electrons. The lowest BCUT2D eigenvalue weighted by atomic mass is 9.82. The van der Waals surface area contributed by atoms with Crippen LogP contribution < -0.4 is 10.2 Å². The van der Waals surface area contributed by atoms with Gasteiger partial charge in [0.15, 0.2) is 18.0 Å². The summed E-state index contributed by atoms with van der Waals surface area (Å²) in [5.41, 5.74) is -0.687. The van der Waals surface area contributed by atoms with Crippen LogP contribution >= 0.6 is 0 Å². The molecule has 7 atom stereocenters. The van der Waals surface area contributed by atoms with Gasteiger partial charge in [0.05, 0.1) is 5.69 Å². The summed E-state index contributed by atoms with van der Waals surface area (Å²) in [7, 11) is 0. The molecule has 4 rings (SSSR count). The lowest BCUT2D eigenvalue weighted by Crippen LogP contribution is -2.60. The number of fused-ring (bicyclic) bond motifs is 1. The molecule has 198 valence electrons. The fourth-order valence-corrected chi connectivity index (χ4v) is 4.59. The molecule has 37 heavy (non-hydrogen) atoms. The third kappa shape index (κ3) is 4.78. The molecular formula is C26H30N2O9. The van der Waals surface area contributed by atoms with Crippen molar-refractivity contribution in [1.29, 1.82) is 0 Å². The smallest absolute Gasteiger partial charge is 0.268 e. The van der Waals surface area contributed by atoms with Crippen molar-refractivity contribution in [3.63, 3.8) is 0 Å². The second-order valence-corrected chi connectivity index (χ2v) is 9.11. The van der Waals surface area contributed by atoms with Gasteiger partial charge in [-0.1, -0.05) is 37.3 Å². The number of benzene rings is 2. The van der Waals surface area contributed by atoms with Crippen molar-refractivity contribution in [2.45, 2.75) is 49.7 Å². The Hall–Kier alpha value is -3.16. The average molecular weight is 515 g/mol. The fraction of sp³-hybridized carbons (Fsp3) is 0.385. The van der Waals surface area contributed by atoms with Gasteiger partial charge in [0.25, 0.3) is 11.8 Å². The van der Waals surface area contributed by atoms with Crippen molar-refractivity contribution >= 4 is 28.9 Å². The first-order valence-corrected chi connectivity index (χ1v) is 11.8. The number of hydrogen-bond donors (Lipinski definition) is 7. The van der Waals surface area contributed by atoms with Crippen molar-refractivity contribution in [2.75, 3.05) is 16.8 Å². The minimum atomic E-state index is -2.00. The maximum absolute atomic E-state index is 13.7. The molecule has 1 fully saturated rings. The normalized spacial score (nSPS) is 30.4. The number of amides is 2. The summed E-state index contributed by atoms with van der Waals surface area (Å²) in [6.07, 6.45) is -5.34. The molecule has 2 aliphatic heterocycles. The molecule has 2 aromatic rings. The number of nitrogens with zero attached hydrogens (tertiary/aromatic N) is 1.